The van der Waals surface area contributed by atoms with Crippen molar-refractivity contribution >= 4 is 10.1 Å². The first kappa shape index (κ1) is 13.4. The molecule has 0 N–H and O–H groups in total. The highest BCUT2D eigenvalue weighted by atomic mass is 32.2. The lowest BCUT2D eigenvalue weighted by molar-refractivity contribution is 0.0972. The quantitative estimate of drug-likeness (QED) is 0.695. The lowest BCUT2D eigenvalue weighted by Crippen LogP contribution is -2.21. The maximum atomic E-state index is 11.8. The molecular weight excluding hydrogens is 228 g/mol. The number of methoxy groups -OCH3 is 1. The molecule has 0 saturated carbocycles. The minimum absolute atomic E-state index is 0.244. The van der Waals surface area contributed by atoms with Gasteiger partial charge in [-0.25, -0.2) is 0 Å². The Morgan fingerprint density at radius 3 is 2.75 bits per heavy atom. The second-order valence-corrected chi connectivity index (χ2v) is 5.57. The van der Waals surface area contributed by atoms with E-state index in [1.807, 2.05) is 13.0 Å². The van der Waals surface area contributed by atoms with Crippen LogP contribution in [0.15, 0.2) is 23.1 Å². The van der Waals surface area contributed by atoms with E-state index < -0.39 is 16.2 Å². The van der Waals surface area contributed by atoms with Gasteiger partial charge in [0.15, 0.2) is 0 Å². The highest BCUT2D eigenvalue weighted by Crippen LogP contribution is 2.21. The molecule has 92 valence electrons. The molecule has 0 spiro atoms. The van der Waals surface area contributed by atoms with Crippen LogP contribution in [0.25, 0.3) is 0 Å². The van der Waals surface area contributed by atoms with Crippen LogP contribution >= 0.6 is 0 Å². The van der Waals surface area contributed by atoms with Crippen LogP contribution in [0.5, 0.6) is 0 Å². The maximum Gasteiger partial charge on any atom is 0.296 e. The number of rotatable bonds is 5. The van der Waals surface area contributed by atoms with E-state index in [9.17, 15) is 8.42 Å². The molecule has 0 aromatic rings. The van der Waals surface area contributed by atoms with Gasteiger partial charge in [0.1, 0.15) is 0 Å². The Kier molecular flexibility index (Phi) is 4.70. The average molecular weight is 246 g/mol. The van der Waals surface area contributed by atoms with Crippen molar-refractivity contribution in [2.45, 2.75) is 26.4 Å². The standard InChI is InChI=1S/C11H18O4S/c1-9-4-6-11(7-5-9)16(12,13)15-10(2)8-14-3/h4,6-7,9-10H,5,8H2,1-3H3. The average Bonchev–Trinajstić information content (AvgIpc) is 2.17. The molecular formula is C11H18O4S. The van der Waals surface area contributed by atoms with Crippen LogP contribution < -0.4 is 0 Å². The molecule has 0 aromatic heterocycles. The van der Waals surface area contributed by atoms with Gasteiger partial charge in [-0.1, -0.05) is 19.1 Å². The van der Waals surface area contributed by atoms with Crippen molar-refractivity contribution in [3.05, 3.63) is 23.1 Å². The Balaban J connectivity index is 2.68. The van der Waals surface area contributed by atoms with Gasteiger partial charge >= 0.3 is 0 Å². The number of hydrogen-bond donors (Lipinski definition) is 0. The van der Waals surface area contributed by atoms with Crippen LogP contribution in [0, 0.1) is 5.92 Å². The summed E-state index contributed by atoms with van der Waals surface area (Å²) in [6, 6.07) is 0. The first-order valence-corrected chi connectivity index (χ1v) is 6.67. The third-order valence-electron chi connectivity index (χ3n) is 2.26. The minimum Gasteiger partial charge on any atom is -0.382 e. The van der Waals surface area contributed by atoms with Crippen molar-refractivity contribution in [1.29, 1.82) is 0 Å². The zero-order valence-electron chi connectivity index (χ0n) is 9.84. The van der Waals surface area contributed by atoms with Gasteiger partial charge in [-0.15, -0.1) is 0 Å². The summed E-state index contributed by atoms with van der Waals surface area (Å²) in [6.45, 7) is 3.95. The number of allylic oxidation sites excluding steroid dienone is 3. The summed E-state index contributed by atoms with van der Waals surface area (Å²) in [7, 11) is -2.13. The van der Waals surface area contributed by atoms with Gasteiger partial charge in [0.25, 0.3) is 10.1 Å². The zero-order chi connectivity index (χ0) is 12.2. The summed E-state index contributed by atoms with van der Waals surface area (Å²) in [5.74, 6) is 0.385. The van der Waals surface area contributed by atoms with Crippen molar-refractivity contribution < 1.29 is 17.3 Å². The lowest BCUT2D eigenvalue weighted by atomic mass is 10.0. The van der Waals surface area contributed by atoms with Gasteiger partial charge in [0.2, 0.25) is 0 Å². The molecule has 1 aliphatic rings. The summed E-state index contributed by atoms with van der Waals surface area (Å²) in [4.78, 5) is 0.244. The molecule has 0 bridgehead atoms. The van der Waals surface area contributed by atoms with Crippen LogP contribution in [0.1, 0.15) is 20.3 Å². The van der Waals surface area contributed by atoms with Crippen molar-refractivity contribution in [1.82, 2.24) is 0 Å². The van der Waals surface area contributed by atoms with Gasteiger partial charge in [-0.2, -0.15) is 8.42 Å². The smallest absolute Gasteiger partial charge is 0.296 e. The first-order chi connectivity index (χ1) is 7.45. The Morgan fingerprint density at radius 2 is 2.25 bits per heavy atom. The van der Waals surface area contributed by atoms with Gasteiger partial charge in [-0.3, -0.25) is 4.18 Å². The predicted octanol–water partition coefficient (Wildman–Crippen LogP) is 1.85. The van der Waals surface area contributed by atoms with E-state index in [0.29, 0.717) is 5.92 Å². The number of hydrogen-bond acceptors (Lipinski definition) is 4. The van der Waals surface area contributed by atoms with Crippen molar-refractivity contribution in [2.75, 3.05) is 13.7 Å². The van der Waals surface area contributed by atoms with Gasteiger partial charge < -0.3 is 4.74 Å². The molecule has 4 nitrogen and oxygen atoms in total. The van der Waals surface area contributed by atoms with E-state index in [4.69, 9.17) is 8.92 Å². The van der Waals surface area contributed by atoms with Crippen molar-refractivity contribution in [2.24, 2.45) is 5.92 Å². The normalized spacial score (nSPS) is 22.9. The summed E-state index contributed by atoms with van der Waals surface area (Å²) in [6.07, 6.45) is 5.43. The van der Waals surface area contributed by atoms with Crippen LogP contribution in [-0.4, -0.2) is 28.2 Å². The van der Waals surface area contributed by atoms with Crippen molar-refractivity contribution in [3.63, 3.8) is 0 Å². The highest BCUT2D eigenvalue weighted by molar-refractivity contribution is 7.90. The molecule has 0 aliphatic heterocycles. The molecule has 0 amide bonds. The van der Waals surface area contributed by atoms with Gasteiger partial charge in [-0.05, 0) is 25.3 Å². The minimum atomic E-state index is -3.63. The molecule has 0 saturated heterocycles. The summed E-state index contributed by atoms with van der Waals surface area (Å²) < 4.78 is 33.4. The highest BCUT2D eigenvalue weighted by Gasteiger charge is 2.21. The van der Waals surface area contributed by atoms with Crippen LogP contribution in [0.4, 0.5) is 0 Å². The fourth-order valence-corrected chi connectivity index (χ4v) is 2.57. The van der Waals surface area contributed by atoms with Gasteiger partial charge in [0, 0.05) is 7.11 Å². The van der Waals surface area contributed by atoms with E-state index in [2.05, 4.69) is 0 Å². The van der Waals surface area contributed by atoms with Crippen LogP contribution in [0.2, 0.25) is 0 Å². The van der Waals surface area contributed by atoms with E-state index >= 15 is 0 Å². The molecule has 5 heteroatoms. The topological polar surface area (TPSA) is 52.6 Å². The first-order valence-electron chi connectivity index (χ1n) is 5.26. The third-order valence-corrected chi connectivity index (χ3v) is 3.72. The number of ether oxygens (including phenoxy) is 1. The summed E-state index contributed by atoms with van der Waals surface area (Å²) in [5.41, 5.74) is 0. The molecule has 2 atom stereocenters. The molecule has 0 heterocycles. The fourth-order valence-electron chi connectivity index (χ4n) is 1.43. The molecule has 1 rings (SSSR count). The van der Waals surface area contributed by atoms with Crippen LogP contribution in [-0.2, 0) is 19.0 Å². The molecule has 1 aliphatic carbocycles. The van der Waals surface area contributed by atoms with Crippen LogP contribution in [0.3, 0.4) is 0 Å². The fraction of sp³-hybridized carbons (Fsp3) is 0.636. The lowest BCUT2D eigenvalue weighted by Gasteiger charge is -2.15. The van der Waals surface area contributed by atoms with E-state index in [1.165, 1.54) is 7.11 Å². The monoisotopic (exact) mass is 246 g/mol. The SMILES string of the molecule is COCC(C)OS(=O)(=O)C1=CCC(C)C=C1. The molecule has 2 unspecified atom stereocenters. The Morgan fingerprint density at radius 1 is 1.56 bits per heavy atom. The zero-order valence-corrected chi connectivity index (χ0v) is 10.7. The third kappa shape index (κ3) is 3.73. The predicted molar refractivity (Wildman–Crippen MR) is 62.3 cm³/mol. The second-order valence-electron chi connectivity index (χ2n) is 3.99. The Labute approximate surface area is 97.1 Å². The van der Waals surface area contributed by atoms with Gasteiger partial charge in [0.05, 0.1) is 17.6 Å². The van der Waals surface area contributed by atoms with Crippen molar-refractivity contribution in [3.8, 4) is 0 Å². The summed E-state index contributed by atoms with van der Waals surface area (Å²) in [5, 5.41) is 0. The second kappa shape index (κ2) is 5.61. The Bertz CT molecular complexity index is 381. The molecule has 16 heavy (non-hydrogen) atoms. The van der Waals surface area contributed by atoms with E-state index in [0.717, 1.165) is 6.42 Å². The molecule has 0 aromatic carbocycles. The van der Waals surface area contributed by atoms with E-state index in [-0.39, 0.29) is 11.5 Å². The largest absolute Gasteiger partial charge is 0.382 e. The molecule has 0 fully saturated rings. The Hall–Kier alpha value is -0.650. The summed E-state index contributed by atoms with van der Waals surface area (Å²) >= 11 is 0. The van der Waals surface area contributed by atoms with E-state index in [1.54, 1.807) is 19.1 Å². The molecule has 0 radical (unpaired) electrons. The maximum absolute atomic E-state index is 11.8.